The molecule has 2 N–H and O–H groups in total. The maximum atomic E-state index is 13.6. The molecule has 2 aliphatic rings. The fraction of sp³-hybridized carbons (Fsp3) is 0.471. The molecule has 0 aromatic rings. The lowest BCUT2D eigenvalue weighted by Crippen LogP contribution is -2.40. The third kappa shape index (κ3) is 4.92. The van der Waals surface area contributed by atoms with Crippen molar-refractivity contribution in [2.24, 2.45) is 10.7 Å². The van der Waals surface area contributed by atoms with Gasteiger partial charge in [-0.05, 0) is 19.9 Å². The summed E-state index contributed by atoms with van der Waals surface area (Å²) in [6, 6.07) is 0. The molecule has 0 saturated heterocycles. The number of hydrogen-bond donors (Lipinski definition) is 1. The molecule has 0 aromatic carbocycles. The number of esters is 2. The average molecular weight is 369 g/mol. The SMILES string of the molecule is C.C=C1N=C(N)C(F)=CN1C1C=CC(COC(=O)C(C)(C)OC(C)=O)O1. The summed E-state index contributed by atoms with van der Waals surface area (Å²) in [5, 5.41) is 0. The van der Waals surface area contributed by atoms with Crippen LogP contribution in [0.3, 0.4) is 0 Å². The highest BCUT2D eigenvalue weighted by Gasteiger charge is 2.34. The van der Waals surface area contributed by atoms with Gasteiger partial charge in [-0.3, -0.25) is 4.79 Å². The van der Waals surface area contributed by atoms with E-state index in [1.165, 1.54) is 25.7 Å². The van der Waals surface area contributed by atoms with Crippen LogP contribution in [0.1, 0.15) is 28.2 Å². The van der Waals surface area contributed by atoms with E-state index in [2.05, 4.69) is 11.6 Å². The number of carbonyl (C=O) groups excluding carboxylic acids is 2. The second kappa shape index (κ2) is 8.13. The quantitative estimate of drug-likeness (QED) is 0.581. The summed E-state index contributed by atoms with van der Waals surface area (Å²) in [5.41, 5.74) is 3.98. The maximum absolute atomic E-state index is 13.6. The van der Waals surface area contributed by atoms with Gasteiger partial charge in [-0.25, -0.2) is 14.2 Å². The van der Waals surface area contributed by atoms with Crippen LogP contribution >= 0.6 is 0 Å². The van der Waals surface area contributed by atoms with Crippen molar-refractivity contribution < 1.29 is 28.2 Å². The monoisotopic (exact) mass is 369 g/mol. The number of ether oxygens (including phenoxy) is 3. The summed E-state index contributed by atoms with van der Waals surface area (Å²) in [6.45, 7) is 7.66. The zero-order valence-corrected chi connectivity index (χ0v) is 14.2. The Morgan fingerprint density at radius 2 is 2.12 bits per heavy atom. The second-order valence-electron chi connectivity index (χ2n) is 5.95. The highest BCUT2D eigenvalue weighted by molar-refractivity contribution is 5.96. The van der Waals surface area contributed by atoms with E-state index in [9.17, 15) is 14.0 Å². The van der Waals surface area contributed by atoms with Gasteiger partial charge in [0.05, 0.1) is 0 Å². The van der Waals surface area contributed by atoms with Gasteiger partial charge in [0.1, 0.15) is 18.5 Å². The molecule has 9 heteroatoms. The third-order valence-electron chi connectivity index (χ3n) is 3.39. The largest absolute Gasteiger partial charge is 0.460 e. The Labute approximate surface area is 151 Å². The molecule has 0 amide bonds. The van der Waals surface area contributed by atoms with Gasteiger partial charge < -0.3 is 24.8 Å². The van der Waals surface area contributed by atoms with Crippen LogP contribution in [0.2, 0.25) is 0 Å². The zero-order valence-electron chi connectivity index (χ0n) is 14.2. The van der Waals surface area contributed by atoms with E-state index >= 15 is 0 Å². The first-order valence-electron chi connectivity index (χ1n) is 7.50. The summed E-state index contributed by atoms with van der Waals surface area (Å²) < 4.78 is 29.2. The average Bonchev–Trinajstić information content (AvgIpc) is 2.95. The molecule has 8 nitrogen and oxygen atoms in total. The van der Waals surface area contributed by atoms with Gasteiger partial charge in [0.25, 0.3) is 0 Å². The van der Waals surface area contributed by atoms with E-state index in [1.54, 1.807) is 12.2 Å². The molecule has 0 radical (unpaired) electrons. The molecule has 2 atom stereocenters. The van der Waals surface area contributed by atoms with Crippen LogP contribution in [-0.2, 0) is 23.8 Å². The van der Waals surface area contributed by atoms with Gasteiger partial charge >= 0.3 is 11.9 Å². The van der Waals surface area contributed by atoms with Crippen molar-refractivity contribution >= 4 is 17.8 Å². The summed E-state index contributed by atoms with van der Waals surface area (Å²) in [5.74, 6) is -2.00. The number of rotatable bonds is 5. The molecule has 0 bridgehead atoms. The van der Waals surface area contributed by atoms with Crippen molar-refractivity contribution in [3.05, 3.63) is 36.6 Å². The maximum Gasteiger partial charge on any atom is 0.350 e. The molecule has 0 fully saturated rings. The highest BCUT2D eigenvalue weighted by atomic mass is 19.1. The Hall–Kier alpha value is -2.68. The predicted octanol–water partition coefficient (Wildman–Crippen LogP) is 1.74. The van der Waals surface area contributed by atoms with Crippen LogP contribution in [0, 0.1) is 0 Å². The third-order valence-corrected chi connectivity index (χ3v) is 3.39. The van der Waals surface area contributed by atoms with Crippen LogP contribution in [-0.4, -0.2) is 47.2 Å². The van der Waals surface area contributed by atoms with Crippen molar-refractivity contribution in [2.75, 3.05) is 6.61 Å². The molecular formula is C17H24FN3O5. The molecule has 26 heavy (non-hydrogen) atoms. The van der Waals surface area contributed by atoms with Crippen LogP contribution in [0.4, 0.5) is 4.39 Å². The van der Waals surface area contributed by atoms with Crippen molar-refractivity contribution in [2.45, 2.75) is 46.1 Å². The Balaban J connectivity index is 0.00000338. The lowest BCUT2D eigenvalue weighted by Gasteiger charge is -2.29. The summed E-state index contributed by atoms with van der Waals surface area (Å²) >= 11 is 0. The van der Waals surface area contributed by atoms with Crippen LogP contribution in [0.5, 0.6) is 0 Å². The number of nitrogens with zero attached hydrogens (tertiary/aromatic N) is 2. The van der Waals surface area contributed by atoms with E-state index in [0.717, 1.165) is 6.20 Å². The molecule has 0 aromatic heterocycles. The fourth-order valence-electron chi connectivity index (χ4n) is 2.21. The Morgan fingerprint density at radius 1 is 1.46 bits per heavy atom. The van der Waals surface area contributed by atoms with E-state index in [-0.39, 0.29) is 25.7 Å². The minimum absolute atomic E-state index is 0. The molecule has 0 aliphatic carbocycles. The number of aliphatic imine (C=N–C) groups is 1. The Morgan fingerprint density at radius 3 is 2.73 bits per heavy atom. The first kappa shape index (κ1) is 21.4. The molecule has 2 unspecified atom stereocenters. The molecule has 2 aliphatic heterocycles. The molecule has 2 rings (SSSR count). The van der Waals surface area contributed by atoms with Crippen LogP contribution in [0.15, 0.2) is 41.6 Å². The minimum Gasteiger partial charge on any atom is -0.460 e. The summed E-state index contributed by atoms with van der Waals surface area (Å²) in [7, 11) is 0. The van der Waals surface area contributed by atoms with Gasteiger partial charge in [0.15, 0.2) is 17.9 Å². The first-order chi connectivity index (χ1) is 11.6. The minimum atomic E-state index is -1.40. The van der Waals surface area contributed by atoms with Gasteiger partial charge in [-0.15, -0.1) is 0 Å². The molecule has 144 valence electrons. The molecule has 0 spiro atoms. The standard InChI is InChI=1S/C16H20FN3O5.CH4/c1-9-19-14(18)12(17)7-20(9)13-6-5-11(24-13)8-23-15(22)16(3,4)25-10(2)21;/h5-7,11,13H,1,8H2,2-4H3,(H2,18,19);1H4. The van der Waals surface area contributed by atoms with Crippen molar-refractivity contribution in [3.8, 4) is 0 Å². The van der Waals surface area contributed by atoms with Crippen molar-refractivity contribution in [1.29, 1.82) is 0 Å². The van der Waals surface area contributed by atoms with E-state index < -0.39 is 35.7 Å². The van der Waals surface area contributed by atoms with Gasteiger partial charge in [0, 0.05) is 13.1 Å². The lowest BCUT2D eigenvalue weighted by atomic mass is 10.1. The van der Waals surface area contributed by atoms with Crippen LogP contribution < -0.4 is 5.73 Å². The number of hydrogen-bond acceptors (Lipinski definition) is 8. The number of nitrogens with two attached hydrogens (primary N) is 1. The topological polar surface area (TPSA) is 103 Å². The second-order valence-corrected chi connectivity index (χ2v) is 5.95. The highest BCUT2D eigenvalue weighted by Crippen LogP contribution is 2.24. The fourth-order valence-corrected chi connectivity index (χ4v) is 2.21. The predicted molar refractivity (Wildman–Crippen MR) is 93.1 cm³/mol. The van der Waals surface area contributed by atoms with Crippen LogP contribution in [0.25, 0.3) is 0 Å². The normalized spacial score (nSPS) is 22.3. The molecular weight excluding hydrogens is 345 g/mol. The van der Waals surface area contributed by atoms with Crippen molar-refractivity contribution in [3.63, 3.8) is 0 Å². The first-order valence-corrected chi connectivity index (χ1v) is 7.50. The van der Waals surface area contributed by atoms with E-state index in [4.69, 9.17) is 19.9 Å². The smallest absolute Gasteiger partial charge is 0.350 e. The van der Waals surface area contributed by atoms with E-state index in [0.29, 0.717) is 0 Å². The van der Waals surface area contributed by atoms with E-state index in [1.807, 2.05) is 0 Å². The number of carbonyl (C=O) groups is 2. The Bertz CT molecular complexity index is 684. The lowest BCUT2D eigenvalue weighted by molar-refractivity contribution is -0.179. The number of amidine groups is 1. The van der Waals surface area contributed by atoms with Gasteiger partial charge in [0.2, 0.25) is 5.60 Å². The number of halogens is 1. The zero-order chi connectivity index (χ0) is 18.8. The Kier molecular flexibility index (Phi) is 6.68. The summed E-state index contributed by atoms with van der Waals surface area (Å²) in [6.07, 6.45) is 3.26. The summed E-state index contributed by atoms with van der Waals surface area (Å²) in [4.78, 5) is 28.1. The molecule has 0 saturated carbocycles. The van der Waals surface area contributed by atoms with Crippen molar-refractivity contribution in [1.82, 2.24) is 4.90 Å². The van der Waals surface area contributed by atoms with Gasteiger partial charge in [-0.1, -0.05) is 20.1 Å². The van der Waals surface area contributed by atoms with Gasteiger partial charge in [-0.2, -0.15) is 0 Å². The molecule has 2 heterocycles.